The topological polar surface area (TPSA) is 33.6 Å². The van der Waals surface area contributed by atoms with Gasteiger partial charge in [-0.2, -0.15) is 0 Å². The van der Waals surface area contributed by atoms with Crippen LogP contribution in [0.25, 0.3) is 0 Å². The summed E-state index contributed by atoms with van der Waals surface area (Å²) in [7, 11) is 0. The summed E-state index contributed by atoms with van der Waals surface area (Å²) in [5.74, 6) is 0. The van der Waals surface area contributed by atoms with Crippen molar-refractivity contribution in [2.24, 2.45) is 4.99 Å². The zero-order valence-electron chi connectivity index (χ0n) is 6.64. The molecule has 1 rings (SSSR count). The molecule has 1 aliphatic heterocycles. The number of hydrogen-bond donors (Lipinski definition) is 1. The van der Waals surface area contributed by atoms with Crippen LogP contribution in [0.15, 0.2) is 4.99 Å². The Balaban J connectivity index is 0. The minimum absolute atomic E-state index is 0.597. The highest BCUT2D eigenvalue weighted by Crippen LogP contribution is 1.69. The summed E-state index contributed by atoms with van der Waals surface area (Å²) in [6.07, 6.45) is 1.38. The quantitative estimate of drug-likeness (QED) is 0.542. The Morgan fingerprint density at radius 2 is 1.89 bits per heavy atom. The van der Waals surface area contributed by atoms with Crippen LogP contribution in [0.5, 0.6) is 0 Å². The Hall–Kier alpha value is -0.570. The average Bonchev–Trinajstić information content (AvgIpc) is 2.51. The molecule has 0 atom stereocenters. The molecule has 0 amide bonds. The molecule has 1 heterocycles. The van der Waals surface area contributed by atoms with Crippen LogP contribution in [0.2, 0.25) is 0 Å². The molecular formula is C6H16N2O. The summed E-state index contributed by atoms with van der Waals surface area (Å²) in [6, 6.07) is 0. The van der Waals surface area contributed by atoms with Crippen molar-refractivity contribution in [3.8, 4) is 0 Å². The molecule has 3 nitrogen and oxygen atoms in total. The molecule has 0 aliphatic carbocycles. The van der Waals surface area contributed by atoms with E-state index in [1.165, 1.54) is 6.40 Å². The first kappa shape index (κ1) is 11.3. The molecule has 0 saturated carbocycles. The number of hydroxylamine groups is 1. The van der Waals surface area contributed by atoms with Crippen molar-refractivity contribution in [1.29, 1.82) is 0 Å². The Labute approximate surface area is 57.1 Å². The Kier molecular flexibility index (Phi) is 19.6. The lowest BCUT2D eigenvalue weighted by Crippen LogP contribution is -2.03. The largest absolute Gasteiger partial charge is 0.395 e. The third-order valence-corrected chi connectivity index (χ3v) is 0.366. The lowest BCUT2D eigenvalue weighted by molar-refractivity contribution is 0.225. The van der Waals surface area contributed by atoms with Gasteiger partial charge in [-0.3, -0.25) is 0 Å². The van der Waals surface area contributed by atoms with E-state index < -0.39 is 0 Å². The third kappa shape index (κ3) is 11.2. The summed E-state index contributed by atoms with van der Waals surface area (Å²) in [5, 5.41) is 0. The van der Waals surface area contributed by atoms with Crippen LogP contribution in [-0.4, -0.2) is 13.1 Å². The monoisotopic (exact) mass is 132 g/mol. The molecule has 3 heteroatoms. The van der Waals surface area contributed by atoms with Gasteiger partial charge in [0.15, 0.2) is 6.40 Å². The lowest BCUT2D eigenvalue weighted by Gasteiger charge is -1.79. The molecule has 1 aliphatic rings. The van der Waals surface area contributed by atoms with Gasteiger partial charge in [-0.05, 0) is 0 Å². The van der Waals surface area contributed by atoms with E-state index >= 15 is 0 Å². The first-order chi connectivity index (χ1) is 4.50. The second-order valence-corrected chi connectivity index (χ2v) is 0.708. The van der Waals surface area contributed by atoms with E-state index in [1.807, 2.05) is 27.7 Å². The Bertz CT molecular complexity index is 49.0. The summed E-state index contributed by atoms with van der Waals surface area (Å²) in [5.41, 5.74) is 2.50. The standard InChI is InChI=1S/C2H4N2O.2C2H6/c1-3-2-5-4-1;2*1-2/h2,4H,1H2;2*1-2H3. The van der Waals surface area contributed by atoms with E-state index in [4.69, 9.17) is 0 Å². The summed E-state index contributed by atoms with van der Waals surface area (Å²) < 4.78 is 0. The number of hydrogen-bond acceptors (Lipinski definition) is 3. The van der Waals surface area contributed by atoms with Crippen LogP contribution >= 0.6 is 0 Å². The van der Waals surface area contributed by atoms with Crippen molar-refractivity contribution in [2.75, 3.05) is 6.67 Å². The summed E-state index contributed by atoms with van der Waals surface area (Å²) in [6.45, 7) is 8.60. The zero-order valence-corrected chi connectivity index (χ0v) is 6.64. The summed E-state index contributed by atoms with van der Waals surface area (Å²) >= 11 is 0. The minimum Gasteiger partial charge on any atom is -0.395 e. The Morgan fingerprint density at radius 1 is 1.33 bits per heavy atom. The van der Waals surface area contributed by atoms with Gasteiger partial charge in [0.05, 0.1) is 0 Å². The Morgan fingerprint density at radius 3 is 2.00 bits per heavy atom. The predicted molar refractivity (Wildman–Crippen MR) is 40.3 cm³/mol. The minimum atomic E-state index is 0.597. The SMILES string of the molecule is C1=NCNO1.CC.CC. The van der Waals surface area contributed by atoms with Gasteiger partial charge in [-0.25, -0.2) is 4.99 Å². The fraction of sp³-hybridized carbons (Fsp3) is 0.833. The maximum atomic E-state index is 4.40. The van der Waals surface area contributed by atoms with Crippen LogP contribution in [0.4, 0.5) is 0 Å². The molecular weight excluding hydrogens is 116 g/mol. The van der Waals surface area contributed by atoms with E-state index in [0.717, 1.165) is 0 Å². The van der Waals surface area contributed by atoms with Gasteiger partial charge in [0, 0.05) is 0 Å². The number of nitrogens with zero attached hydrogens (tertiary/aromatic N) is 1. The fourth-order valence-electron chi connectivity index (χ4n) is 0.186. The normalized spacial score (nSPS) is 12.0. The van der Waals surface area contributed by atoms with Crippen molar-refractivity contribution >= 4 is 6.40 Å². The molecule has 0 aromatic heterocycles. The second kappa shape index (κ2) is 15.7. The van der Waals surface area contributed by atoms with E-state index in [2.05, 4.69) is 15.3 Å². The molecule has 9 heavy (non-hydrogen) atoms. The molecule has 0 bridgehead atoms. The highest BCUT2D eigenvalue weighted by molar-refractivity contribution is 5.46. The number of nitrogens with one attached hydrogen (secondary N) is 1. The molecule has 0 saturated heterocycles. The molecule has 0 unspecified atom stereocenters. The van der Waals surface area contributed by atoms with Crippen LogP contribution in [-0.2, 0) is 4.84 Å². The van der Waals surface area contributed by atoms with Crippen LogP contribution < -0.4 is 5.48 Å². The van der Waals surface area contributed by atoms with Crippen molar-refractivity contribution in [3.63, 3.8) is 0 Å². The summed E-state index contributed by atoms with van der Waals surface area (Å²) in [4.78, 5) is 8.03. The van der Waals surface area contributed by atoms with Gasteiger partial charge in [0.25, 0.3) is 0 Å². The molecule has 0 spiro atoms. The van der Waals surface area contributed by atoms with Crippen LogP contribution in [0.1, 0.15) is 27.7 Å². The van der Waals surface area contributed by atoms with Crippen LogP contribution in [0, 0.1) is 0 Å². The first-order valence-electron chi connectivity index (χ1n) is 3.37. The zero-order chi connectivity index (χ0) is 7.54. The van der Waals surface area contributed by atoms with Crippen molar-refractivity contribution < 1.29 is 4.84 Å². The van der Waals surface area contributed by atoms with Gasteiger partial charge >= 0.3 is 0 Å². The lowest BCUT2D eigenvalue weighted by atomic mass is 11.0. The predicted octanol–water partition coefficient (Wildman–Crippen LogP) is 1.56. The van der Waals surface area contributed by atoms with E-state index in [-0.39, 0.29) is 0 Å². The fourth-order valence-corrected chi connectivity index (χ4v) is 0.186. The maximum absolute atomic E-state index is 4.40. The van der Waals surface area contributed by atoms with E-state index in [0.29, 0.717) is 6.67 Å². The number of aliphatic imine (C=N–C) groups is 1. The molecule has 0 fully saturated rings. The molecule has 0 aromatic rings. The molecule has 56 valence electrons. The van der Waals surface area contributed by atoms with Crippen molar-refractivity contribution in [2.45, 2.75) is 27.7 Å². The van der Waals surface area contributed by atoms with Gasteiger partial charge < -0.3 is 4.84 Å². The number of rotatable bonds is 0. The molecule has 0 radical (unpaired) electrons. The maximum Gasteiger partial charge on any atom is 0.197 e. The smallest absolute Gasteiger partial charge is 0.197 e. The van der Waals surface area contributed by atoms with Crippen molar-refractivity contribution in [1.82, 2.24) is 5.48 Å². The highest BCUT2D eigenvalue weighted by Gasteiger charge is 1.82. The second-order valence-electron chi connectivity index (χ2n) is 0.708. The average molecular weight is 132 g/mol. The van der Waals surface area contributed by atoms with E-state index in [9.17, 15) is 0 Å². The van der Waals surface area contributed by atoms with Crippen molar-refractivity contribution in [3.05, 3.63) is 0 Å². The highest BCUT2D eigenvalue weighted by atomic mass is 16.7. The van der Waals surface area contributed by atoms with Gasteiger partial charge in [0.2, 0.25) is 0 Å². The first-order valence-corrected chi connectivity index (χ1v) is 3.37. The van der Waals surface area contributed by atoms with Gasteiger partial charge in [0.1, 0.15) is 6.67 Å². The van der Waals surface area contributed by atoms with Gasteiger partial charge in [-0.15, -0.1) is 5.48 Å². The van der Waals surface area contributed by atoms with E-state index in [1.54, 1.807) is 0 Å². The third-order valence-electron chi connectivity index (χ3n) is 0.366. The molecule has 0 aromatic carbocycles. The van der Waals surface area contributed by atoms with Gasteiger partial charge in [-0.1, -0.05) is 27.7 Å². The molecule has 1 N–H and O–H groups in total. The van der Waals surface area contributed by atoms with Crippen LogP contribution in [0.3, 0.4) is 0 Å².